The highest BCUT2D eigenvalue weighted by atomic mass is 16.3. The van der Waals surface area contributed by atoms with E-state index < -0.39 is 0 Å². The molecule has 5 heteroatoms. The summed E-state index contributed by atoms with van der Waals surface area (Å²) in [6, 6.07) is 9.52. The van der Waals surface area contributed by atoms with E-state index in [-0.39, 0.29) is 18.1 Å². The second-order valence-corrected chi connectivity index (χ2v) is 5.76. The highest BCUT2D eigenvalue weighted by Gasteiger charge is 2.37. The minimum atomic E-state index is -0.126. The summed E-state index contributed by atoms with van der Waals surface area (Å²) in [6.45, 7) is 3.95. The van der Waals surface area contributed by atoms with Gasteiger partial charge >= 0.3 is 6.03 Å². The van der Waals surface area contributed by atoms with Crippen LogP contribution in [0.3, 0.4) is 0 Å². The lowest BCUT2D eigenvalue weighted by Crippen LogP contribution is -2.43. The van der Waals surface area contributed by atoms with Crippen LogP contribution in [0.4, 0.5) is 4.79 Å². The predicted molar refractivity (Wildman–Crippen MR) is 83.2 cm³/mol. The van der Waals surface area contributed by atoms with Crippen molar-refractivity contribution < 1.29 is 9.21 Å². The van der Waals surface area contributed by atoms with Gasteiger partial charge in [0, 0.05) is 12.2 Å². The Morgan fingerprint density at radius 2 is 2.14 bits per heavy atom. The maximum atomic E-state index is 12.7. The average molecular weight is 299 g/mol. The molecule has 5 nitrogen and oxygen atoms in total. The molecule has 2 atom stereocenters. The number of hydrogen-bond donors (Lipinski definition) is 1. The van der Waals surface area contributed by atoms with Gasteiger partial charge in [-0.1, -0.05) is 6.07 Å². The topological polar surface area (TPSA) is 58.4 Å². The fraction of sp³-hybridized carbons (Fsp3) is 0.412. The number of amides is 2. The number of furan rings is 1. The van der Waals surface area contributed by atoms with Gasteiger partial charge in [0.2, 0.25) is 0 Å². The van der Waals surface area contributed by atoms with Crippen LogP contribution in [0.25, 0.3) is 0 Å². The van der Waals surface area contributed by atoms with Gasteiger partial charge < -0.3 is 14.6 Å². The van der Waals surface area contributed by atoms with Gasteiger partial charge in [0.05, 0.1) is 24.0 Å². The standard InChI is InChI=1S/C17H21N3O2/c1-12(15-6-3-4-10-18-15)19-17(21)20(14-8-9-14)13(2)16-7-5-11-22-16/h3-7,10-14H,8-9H2,1-2H3,(H,19,21)/t12-,13-/m1/s1. The lowest BCUT2D eigenvalue weighted by molar-refractivity contribution is 0.163. The molecule has 1 aliphatic carbocycles. The van der Waals surface area contributed by atoms with Crippen molar-refractivity contribution in [1.82, 2.24) is 15.2 Å². The van der Waals surface area contributed by atoms with Crippen LogP contribution in [0, 0.1) is 0 Å². The number of carbonyl (C=O) groups excluding carboxylic acids is 1. The average Bonchev–Trinajstić information content (AvgIpc) is 3.20. The Kier molecular flexibility index (Phi) is 4.13. The second-order valence-electron chi connectivity index (χ2n) is 5.76. The van der Waals surface area contributed by atoms with Crippen LogP contribution in [0.1, 0.15) is 50.2 Å². The third-order valence-corrected chi connectivity index (χ3v) is 4.02. The normalized spacial score (nSPS) is 16.8. The SMILES string of the molecule is C[C@H](c1ccco1)N(C(=O)N[C@H](C)c1ccccn1)C1CC1. The van der Waals surface area contributed by atoms with E-state index in [9.17, 15) is 4.79 Å². The number of nitrogens with zero attached hydrogens (tertiary/aromatic N) is 2. The molecule has 22 heavy (non-hydrogen) atoms. The van der Waals surface area contributed by atoms with Crippen molar-refractivity contribution in [3.05, 3.63) is 54.2 Å². The third-order valence-electron chi connectivity index (χ3n) is 4.02. The summed E-state index contributed by atoms with van der Waals surface area (Å²) in [6.07, 6.45) is 5.49. The van der Waals surface area contributed by atoms with Crippen LogP contribution < -0.4 is 5.32 Å². The lowest BCUT2D eigenvalue weighted by atomic mass is 10.2. The van der Waals surface area contributed by atoms with E-state index in [4.69, 9.17) is 4.42 Å². The van der Waals surface area contributed by atoms with Gasteiger partial charge in [0.1, 0.15) is 5.76 Å². The molecule has 0 aliphatic heterocycles. The molecule has 116 valence electrons. The van der Waals surface area contributed by atoms with Crippen LogP contribution >= 0.6 is 0 Å². The molecular weight excluding hydrogens is 278 g/mol. The summed E-state index contributed by atoms with van der Waals surface area (Å²) in [5.41, 5.74) is 0.859. The number of nitrogens with one attached hydrogen (secondary N) is 1. The first-order chi connectivity index (χ1) is 10.7. The molecule has 0 aromatic carbocycles. The van der Waals surface area contributed by atoms with Crippen LogP contribution in [-0.2, 0) is 0 Å². The summed E-state index contributed by atoms with van der Waals surface area (Å²) >= 11 is 0. The number of urea groups is 1. The lowest BCUT2D eigenvalue weighted by Gasteiger charge is -2.29. The Morgan fingerprint density at radius 1 is 1.32 bits per heavy atom. The first kappa shape index (κ1) is 14.6. The van der Waals surface area contributed by atoms with E-state index in [1.54, 1.807) is 12.5 Å². The van der Waals surface area contributed by atoms with E-state index >= 15 is 0 Å². The van der Waals surface area contributed by atoms with E-state index in [2.05, 4.69) is 10.3 Å². The zero-order valence-corrected chi connectivity index (χ0v) is 12.9. The Hall–Kier alpha value is -2.30. The molecule has 2 heterocycles. The van der Waals surface area contributed by atoms with Gasteiger partial charge in [-0.05, 0) is 51.0 Å². The number of aromatic nitrogens is 1. The van der Waals surface area contributed by atoms with Gasteiger partial charge in [0.15, 0.2) is 0 Å². The van der Waals surface area contributed by atoms with Crippen LogP contribution in [-0.4, -0.2) is 22.0 Å². The molecule has 1 aliphatic rings. The van der Waals surface area contributed by atoms with Crippen molar-refractivity contribution in [3.8, 4) is 0 Å². The molecule has 0 spiro atoms. The summed E-state index contributed by atoms with van der Waals surface area (Å²) in [5.74, 6) is 0.813. The van der Waals surface area contributed by atoms with Crippen LogP contribution in [0.15, 0.2) is 47.2 Å². The first-order valence-electron chi connectivity index (χ1n) is 7.70. The van der Waals surface area contributed by atoms with Crippen molar-refractivity contribution in [1.29, 1.82) is 0 Å². The van der Waals surface area contributed by atoms with Crippen molar-refractivity contribution in [3.63, 3.8) is 0 Å². The molecular formula is C17H21N3O2. The number of pyridine rings is 1. The third kappa shape index (κ3) is 3.13. The van der Waals surface area contributed by atoms with Gasteiger partial charge in [-0.15, -0.1) is 0 Å². The number of rotatable bonds is 5. The summed E-state index contributed by atoms with van der Waals surface area (Å²) in [7, 11) is 0. The van der Waals surface area contributed by atoms with Crippen molar-refractivity contribution in [2.45, 2.75) is 44.8 Å². The second kappa shape index (κ2) is 6.22. The Bertz CT molecular complexity index is 608. The summed E-state index contributed by atoms with van der Waals surface area (Å²) in [5, 5.41) is 3.04. The summed E-state index contributed by atoms with van der Waals surface area (Å²) in [4.78, 5) is 18.9. The van der Waals surface area contributed by atoms with Crippen LogP contribution in [0.5, 0.6) is 0 Å². The van der Waals surface area contributed by atoms with Gasteiger partial charge in [-0.3, -0.25) is 4.98 Å². The maximum Gasteiger partial charge on any atom is 0.318 e. The van der Waals surface area contributed by atoms with E-state index in [0.29, 0.717) is 6.04 Å². The van der Waals surface area contributed by atoms with Gasteiger partial charge in [-0.2, -0.15) is 0 Å². The Morgan fingerprint density at radius 3 is 2.73 bits per heavy atom. The molecule has 0 unspecified atom stereocenters. The van der Waals surface area contributed by atoms with Crippen LogP contribution in [0.2, 0.25) is 0 Å². The molecule has 1 N–H and O–H groups in total. The number of carbonyl (C=O) groups is 1. The zero-order valence-electron chi connectivity index (χ0n) is 12.9. The maximum absolute atomic E-state index is 12.7. The smallest absolute Gasteiger partial charge is 0.318 e. The van der Waals surface area contributed by atoms with Crippen molar-refractivity contribution in [2.75, 3.05) is 0 Å². The Balaban J connectivity index is 1.71. The van der Waals surface area contributed by atoms with E-state index in [1.165, 1.54) is 0 Å². The predicted octanol–water partition coefficient (Wildman–Crippen LogP) is 3.67. The van der Waals surface area contributed by atoms with E-state index in [0.717, 1.165) is 24.3 Å². The Labute approximate surface area is 130 Å². The number of hydrogen-bond acceptors (Lipinski definition) is 3. The minimum Gasteiger partial charge on any atom is -0.467 e. The minimum absolute atomic E-state index is 0.0652. The highest BCUT2D eigenvalue weighted by molar-refractivity contribution is 5.75. The molecule has 2 aromatic rings. The van der Waals surface area contributed by atoms with Crippen molar-refractivity contribution >= 4 is 6.03 Å². The van der Waals surface area contributed by atoms with Gasteiger partial charge in [0.25, 0.3) is 0 Å². The monoisotopic (exact) mass is 299 g/mol. The molecule has 0 bridgehead atoms. The quantitative estimate of drug-likeness (QED) is 0.916. The highest BCUT2D eigenvalue weighted by Crippen LogP contribution is 2.34. The molecule has 2 aromatic heterocycles. The fourth-order valence-electron chi connectivity index (χ4n) is 2.64. The zero-order chi connectivity index (χ0) is 15.5. The molecule has 2 amide bonds. The molecule has 0 saturated heterocycles. The molecule has 0 radical (unpaired) electrons. The molecule has 1 fully saturated rings. The first-order valence-corrected chi connectivity index (χ1v) is 7.70. The molecule has 3 rings (SSSR count). The fourth-order valence-corrected chi connectivity index (χ4v) is 2.64. The van der Waals surface area contributed by atoms with Gasteiger partial charge in [-0.25, -0.2) is 4.79 Å². The van der Waals surface area contributed by atoms with E-state index in [1.807, 2.05) is 49.1 Å². The van der Waals surface area contributed by atoms with Crippen molar-refractivity contribution in [2.24, 2.45) is 0 Å². The largest absolute Gasteiger partial charge is 0.467 e. The summed E-state index contributed by atoms with van der Waals surface area (Å²) < 4.78 is 5.46. The molecule has 1 saturated carbocycles.